The van der Waals surface area contributed by atoms with Crippen molar-refractivity contribution in [1.29, 1.82) is 0 Å². The summed E-state index contributed by atoms with van der Waals surface area (Å²) < 4.78 is 0. The van der Waals surface area contributed by atoms with Crippen LogP contribution in [0.4, 0.5) is 23.0 Å². The van der Waals surface area contributed by atoms with Gasteiger partial charge < -0.3 is 25.3 Å². The minimum Gasteiger partial charge on any atom is -0.369 e. The van der Waals surface area contributed by atoms with Gasteiger partial charge in [-0.05, 0) is 52.3 Å². The van der Waals surface area contributed by atoms with Crippen LogP contribution in [0.1, 0.15) is 5.82 Å². The maximum atomic E-state index is 4.50. The maximum Gasteiger partial charge on any atom is 0.136 e. The van der Waals surface area contributed by atoms with E-state index >= 15 is 0 Å². The molecule has 146 valence electrons. The van der Waals surface area contributed by atoms with Crippen LogP contribution in [0.3, 0.4) is 0 Å². The number of nitrogens with zero attached hydrogens (tertiary/aromatic N) is 5. The van der Waals surface area contributed by atoms with E-state index in [4.69, 9.17) is 0 Å². The topological polar surface area (TPSA) is 59.6 Å². The Morgan fingerprint density at radius 2 is 1.67 bits per heavy atom. The third-order valence-corrected chi connectivity index (χ3v) is 4.71. The second kappa shape index (κ2) is 9.01. The Morgan fingerprint density at radius 3 is 2.33 bits per heavy atom. The van der Waals surface area contributed by atoms with E-state index in [0.29, 0.717) is 0 Å². The molecular weight excluding hydrogens is 338 g/mol. The molecule has 27 heavy (non-hydrogen) atoms. The standard InChI is InChI=1S/C20H31N7/c1-16-22-19(21-9-10-25(2)3)15-20(23-16)24-17-5-7-18(8-6-17)27-13-11-26(4)12-14-27/h5-8,15H,9-14H2,1-4H3,(H2,21,22,23,24). The van der Waals surface area contributed by atoms with Gasteiger partial charge in [0.15, 0.2) is 0 Å². The van der Waals surface area contributed by atoms with Crippen LogP contribution in [0.2, 0.25) is 0 Å². The fraction of sp³-hybridized carbons (Fsp3) is 0.500. The molecule has 0 atom stereocenters. The van der Waals surface area contributed by atoms with Gasteiger partial charge in [0.1, 0.15) is 17.5 Å². The second-order valence-electron chi connectivity index (χ2n) is 7.38. The molecule has 1 fully saturated rings. The number of likely N-dealkylation sites (N-methyl/N-ethyl adjacent to an activating group) is 2. The van der Waals surface area contributed by atoms with Gasteiger partial charge in [0.2, 0.25) is 0 Å². The number of anilines is 4. The quantitative estimate of drug-likeness (QED) is 0.776. The molecule has 0 radical (unpaired) electrons. The van der Waals surface area contributed by atoms with Crippen LogP contribution >= 0.6 is 0 Å². The van der Waals surface area contributed by atoms with Crippen molar-refractivity contribution in [3.63, 3.8) is 0 Å². The lowest BCUT2D eigenvalue weighted by Crippen LogP contribution is -2.44. The smallest absolute Gasteiger partial charge is 0.136 e. The summed E-state index contributed by atoms with van der Waals surface area (Å²) in [4.78, 5) is 15.9. The first-order valence-corrected chi connectivity index (χ1v) is 9.54. The maximum absolute atomic E-state index is 4.50. The fourth-order valence-corrected chi connectivity index (χ4v) is 3.10. The summed E-state index contributed by atoms with van der Waals surface area (Å²) in [5.41, 5.74) is 2.31. The van der Waals surface area contributed by atoms with Crippen LogP contribution in [0.15, 0.2) is 30.3 Å². The molecule has 0 unspecified atom stereocenters. The van der Waals surface area contributed by atoms with Gasteiger partial charge in [-0.1, -0.05) is 0 Å². The largest absolute Gasteiger partial charge is 0.369 e. The van der Waals surface area contributed by atoms with Crippen LogP contribution < -0.4 is 15.5 Å². The van der Waals surface area contributed by atoms with Gasteiger partial charge in [0.25, 0.3) is 0 Å². The molecule has 0 saturated carbocycles. The van der Waals surface area contributed by atoms with Gasteiger partial charge in [-0.25, -0.2) is 9.97 Å². The molecule has 1 aromatic heterocycles. The molecule has 0 amide bonds. The molecule has 0 bridgehead atoms. The summed E-state index contributed by atoms with van der Waals surface area (Å²) in [6.07, 6.45) is 0. The molecule has 7 heteroatoms. The summed E-state index contributed by atoms with van der Waals surface area (Å²) >= 11 is 0. The minimum atomic E-state index is 0.751. The molecule has 2 heterocycles. The van der Waals surface area contributed by atoms with Crippen molar-refractivity contribution in [2.75, 3.05) is 75.9 Å². The second-order valence-corrected chi connectivity index (χ2v) is 7.38. The number of aromatic nitrogens is 2. The van der Waals surface area contributed by atoms with Gasteiger partial charge in [0, 0.05) is 56.7 Å². The third kappa shape index (κ3) is 5.80. The molecule has 2 N–H and O–H groups in total. The zero-order chi connectivity index (χ0) is 19.2. The number of aryl methyl sites for hydroxylation is 1. The molecule has 1 aliphatic heterocycles. The number of hydrogen-bond acceptors (Lipinski definition) is 7. The number of hydrogen-bond donors (Lipinski definition) is 2. The SMILES string of the molecule is Cc1nc(NCCN(C)C)cc(Nc2ccc(N3CCN(C)CC3)cc2)n1. The Kier molecular flexibility index (Phi) is 6.47. The molecule has 1 aliphatic rings. The lowest BCUT2D eigenvalue weighted by Gasteiger charge is -2.34. The van der Waals surface area contributed by atoms with E-state index in [2.05, 4.69) is 80.7 Å². The van der Waals surface area contributed by atoms with Gasteiger partial charge in [0.05, 0.1) is 0 Å². The van der Waals surface area contributed by atoms with Crippen molar-refractivity contribution in [3.05, 3.63) is 36.2 Å². The summed E-state index contributed by atoms with van der Waals surface area (Å²) in [6, 6.07) is 10.5. The average Bonchev–Trinajstić information content (AvgIpc) is 2.62. The zero-order valence-corrected chi connectivity index (χ0v) is 16.9. The lowest BCUT2D eigenvalue weighted by molar-refractivity contribution is 0.313. The van der Waals surface area contributed by atoms with E-state index in [-0.39, 0.29) is 0 Å². The van der Waals surface area contributed by atoms with Crippen molar-refractivity contribution in [3.8, 4) is 0 Å². The number of nitrogens with one attached hydrogen (secondary N) is 2. The Labute approximate surface area is 162 Å². The molecule has 1 saturated heterocycles. The van der Waals surface area contributed by atoms with Gasteiger partial charge in [-0.3, -0.25) is 0 Å². The van der Waals surface area contributed by atoms with Crippen LogP contribution in [-0.2, 0) is 0 Å². The fourth-order valence-electron chi connectivity index (χ4n) is 3.10. The van der Waals surface area contributed by atoms with Crippen molar-refractivity contribution in [2.24, 2.45) is 0 Å². The zero-order valence-electron chi connectivity index (χ0n) is 16.9. The number of piperazine rings is 1. The number of benzene rings is 1. The monoisotopic (exact) mass is 369 g/mol. The summed E-state index contributed by atoms with van der Waals surface area (Å²) in [5, 5.41) is 6.75. The Hall–Kier alpha value is -2.38. The number of rotatable bonds is 7. The highest BCUT2D eigenvalue weighted by atomic mass is 15.2. The highest BCUT2D eigenvalue weighted by Gasteiger charge is 2.14. The van der Waals surface area contributed by atoms with E-state index in [1.54, 1.807) is 0 Å². The molecule has 0 spiro atoms. The molecular formula is C20H31N7. The first-order valence-electron chi connectivity index (χ1n) is 9.54. The van der Waals surface area contributed by atoms with E-state index in [0.717, 1.165) is 62.4 Å². The van der Waals surface area contributed by atoms with Crippen molar-refractivity contribution < 1.29 is 0 Å². The molecule has 3 rings (SSSR count). The molecule has 0 aliphatic carbocycles. The van der Waals surface area contributed by atoms with Crippen molar-refractivity contribution >= 4 is 23.0 Å². The summed E-state index contributed by atoms with van der Waals surface area (Å²) in [6.45, 7) is 8.11. The van der Waals surface area contributed by atoms with Crippen molar-refractivity contribution in [1.82, 2.24) is 19.8 Å². The van der Waals surface area contributed by atoms with E-state index in [9.17, 15) is 0 Å². The van der Waals surface area contributed by atoms with Gasteiger partial charge in [-0.2, -0.15) is 0 Å². The molecule has 7 nitrogen and oxygen atoms in total. The predicted molar refractivity (Wildman–Crippen MR) is 113 cm³/mol. The highest BCUT2D eigenvalue weighted by Crippen LogP contribution is 2.22. The first-order chi connectivity index (χ1) is 13.0. The van der Waals surface area contributed by atoms with E-state index in [1.807, 2.05) is 13.0 Å². The first kappa shape index (κ1) is 19.4. The van der Waals surface area contributed by atoms with Gasteiger partial charge in [-0.15, -0.1) is 0 Å². The van der Waals surface area contributed by atoms with Crippen LogP contribution in [0.5, 0.6) is 0 Å². The van der Waals surface area contributed by atoms with Crippen LogP contribution in [-0.4, -0.2) is 80.2 Å². The average molecular weight is 370 g/mol. The van der Waals surface area contributed by atoms with E-state index < -0.39 is 0 Å². The van der Waals surface area contributed by atoms with Crippen LogP contribution in [0.25, 0.3) is 0 Å². The van der Waals surface area contributed by atoms with Gasteiger partial charge >= 0.3 is 0 Å². The normalized spacial score (nSPS) is 15.2. The van der Waals surface area contributed by atoms with Crippen molar-refractivity contribution in [2.45, 2.75) is 6.92 Å². The minimum absolute atomic E-state index is 0.751. The lowest BCUT2D eigenvalue weighted by atomic mass is 10.2. The highest BCUT2D eigenvalue weighted by molar-refractivity contribution is 5.62. The molecule has 1 aromatic carbocycles. The molecule has 2 aromatic rings. The third-order valence-electron chi connectivity index (χ3n) is 4.71. The summed E-state index contributed by atoms with van der Waals surface area (Å²) in [7, 11) is 6.30. The Balaban J connectivity index is 1.62. The van der Waals surface area contributed by atoms with E-state index in [1.165, 1.54) is 5.69 Å². The Bertz CT molecular complexity index is 722. The van der Waals surface area contributed by atoms with Crippen LogP contribution in [0, 0.1) is 6.92 Å². The predicted octanol–water partition coefficient (Wildman–Crippen LogP) is 2.25. The Morgan fingerprint density at radius 1 is 1.00 bits per heavy atom. The summed E-state index contributed by atoms with van der Waals surface area (Å²) in [5.74, 6) is 2.41.